The molecule has 0 aliphatic heterocycles. The number of carbonyl (C=O) groups excluding carboxylic acids is 2. The molecule has 2 N–H and O–H groups in total. The van der Waals surface area contributed by atoms with E-state index in [0.29, 0.717) is 39.6 Å². The van der Waals surface area contributed by atoms with Crippen molar-refractivity contribution in [3.8, 4) is 17.2 Å². The van der Waals surface area contributed by atoms with Gasteiger partial charge >= 0.3 is 12.0 Å². The van der Waals surface area contributed by atoms with Crippen LogP contribution in [0.5, 0.6) is 17.2 Å². The second-order valence-corrected chi connectivity index (χ2v) is 7.42. The van der Waals surface area contributed by atoms with Crippen molar-refractivity contribution in [1.82, 2.24) is 10.1 Å². The molecule has 0 atom stereocenters. The Balaban J connectivity index is 1.56. The smallest absolute Gasteiger partial charge is 0.341 e. The van der Waals surface area contributed by atoms with Gasteiger partial charge in [-0.15, -0.1) is 0 Å². The zero-order chi connectivity index (χ0) is 24.2. The number of anilines is 2. The second-order valence-electron chi connectivity index (χ2n) is 7.02. The van der Waals surface area contributed by atoms with Crippen LogP contribution >= 0.6 is 11.6 Å². The first kappa shape index (κ1) is 22.9. The molecule has 0 aliphatic carbocycles. The summed E-state index contributed by atoms with van der Waals surface area (Å²) < 4.78 is 21.0. The van der Waals surface area contributed by atoms with E-state index in [1.54, 1.807) is 55.6 Å². The van der Waals surface area contributed by atoms with E-state index in [9.17, 15) is 9.59 Å². The number of esters is 1. The number of urea groups is 1. The average molecular weight is 483 g/mol. The summed E-state index contributed by atoms with van der Waals surface area (Å²) in [5.41, 5.74) is 1.16. The largest absolute Gasteiger partial charge is 0.496 e. The number of rotatable bonds is 6. The third kappa shape index (κ3) is 4.86. The van der Waals surface area contributed by atoms with Gasteiger partial charge in [0.2, 0.25) is 0 Å². The Labute approximate surface area is 198 Å². The number of halogens is 1. The number of hydrogen-bond donors (Lipinski definition) is 2. The van der Waals surface area contributed by atoms with Gasteiger partial charge in [-0.25, -0.2) is 9.59 Å². The van der Waals surface area contributed by atoms with E-state index in [2.05, 4.69) is 20.8 Å². The first-order chi connectivity index (χ1) is 16.4. The number of nitrogens with one attached hydrogen (secondary N) is 2. The maximum atomic E-state index is 12.2. The van der Waals surface area contributed by atoms with Crippen LogP contribution in [0.25, 0.3) is 10.9 Å². The van der Waals surface area contributed by atoms with Gasteiger partial charge < -0.3 is 24.1 Å². The van der Waals surface area contributed by atoms with Crippen LogP contribution in [0.15, 0.2) is 53.2 Å². The molecule has 0 unspecified atom stereocenters. The average Bonchev–Trinajstić information content (AvgIpc) is 3.23. The van der Waals surface area contributed by atoms with E-state index < -0.39 is 12.0 Å². The molecular weight excluding hydrogens is 464 g/mol. The molecule has 0 bridgehead atoms. The fourth-order valence-electron chi connectivity index (χ4n) is 3.16. The number of nitrogens with zero attached hydrogens (tertiary/aromatic N) is 2. The normalized spacial score (nSPS) is 10.6. The van der Waals surface area contributed by atoms with Gasteiger partial charge in [-0.2, -0.15) is 0 Å². The molecule has 4 aromatic rings. The zero-order valence-electron chi connectivity index (χ0n) is 18.3. The number of fused-ring (bicyclic) bond motifs is 1. The van der Waals surface area contributed by atoms with Crippen molar-refractivity contribution in [2.24, 2.45) is 0 Å². The number of carbonyl (C=O) groups is 2. The number of aromatic nitrogens is 2. The highest BCUT2D eigenvalue weighted by molar-refractivity contribution is 6.34. The number of hydrogen-bond acceptors (Lipinski definition) is 8. The van der Waals surface area contributed by atoms with E-state index >= 15 is 0 Å². The number of amides is 2. The molecule has 10 nitrogen and oxygen atoms in total. The van der Waals surface area contributed by atoms with Gasteiger partial charge in [0.15, 0.2) is 5.82 Å². The van der Waals surface area contributed by atoms with E-state index in [1.165, 1.54) is 14.2 Å². The summed E-state index contributed by atoms with van der Waals surface area (Å²) in [6.07, 6.45) is 1.57. The van der Waals surface area contributed by atoms with E-state index in [4.69, 9.17) is 30.3 Å². The zero-order valence-corrected chi connectivity index (χ0v) is 19.1. The summed E-state index contributed by atoms with van der Waals surface area (Å²) in [7, 11) is 2.75. The van der Waals surface area contributed by atoms with Crippen LogP contribution in [0.3, 0.4) is 0 Å². The van der Waals surface area contributed by atoms with E-state index in [1.807, 2.05) is 0 Å². The number of pyridine rings is 1. The van der Waals surface area contributed by atoms with Gasteiger partial charge in [0, 0.05) is 29.8 Å². The lowest BCUT2D eigenvalue weighted by Gasteiger charge is -2.13. The molecule has 2 heterocycles. The van der Waals surface area contributed by atoms with Crippen LogP contribution < -0.4 is 20.1 Å². The Bertz CT molecular complexity index is 1390. The fourth-order valence-corrected chi connectivity index (χ4v) is 3.38. The first-order valence-corrected chi connectivity index (χ1v) is 10.3. The lowest BCUT2D eigenvalue weighted by Crippen LogP contribution is -2.19. The van der Waals surface area contributed by atoms with Crippen molar-refractivity contribution in [2.75, 3.05) is 24.9 Å². The molecular formula is C23H19ClN4O6. The van der Waals surface area contributed by atoms with Gasteiger partial charge in [-0.1, -0.05) is 16.8 Å². The van der Waals surface area contributed by atoms with E-state index in [0.717, 1.165) is 0 Å². The summed E-state index contributed by atoms with van der Waals surface area (Å²) in [6, 6.07) is 10.7. The quantitative estimate of drug-likeness (QED) is 0.349. The molecule has 34 heavy (non-hydrogen) atoms. The monoisotopic (exact) mass is 482 g/mol. The van der Waals surface area contributed by atoms with Crippen LogP contribution in [0.1, 0.15) is 16.1 Å². The predicted molar refractivity (Wildman–Crippen MR) is 125 cm³/mol. The Morgan fingerprint density at radius 2 is 1.85 bits per heavy atom. The molecule has 0 aliphatic rings. The molecule has 0 radical (unpaired) electrons. The third-order valence-electron chi connectivity index (χ3n) is 4.71. The van der Waals surface area contributed by atoms with Crippen LogP contribution in [0.2, 0.25) is 5.02 Å². The van der Waals surface area contributed by atoms with Gasteiger partial charge in [0.25, 0.3) is 0 Å². The predicted octanol–water partition coefficient (Wildman–Crippen LogP) is 5.42. The van der Waals surface area contributed by atoms with Crippen LogP contribution in [0.4, 0.5) is 16.3 Å². The van der Waals surface area contributed by atoms with Crippen molar-refractivity contribution >= 4 is 46.0 Å². The summed E-state index contributed by atoms with van der Waals surface area (Å²) in [5, 5.41) is 9.69. The lowest BCUT2D eigenvalue weighted by atomic mass is 10.1. The Morgan fingerprint density at radius 1 is 1.03 bits per heavy atom. The van der Waals surface area contributed by atoms with Crippen molar-refractivity contribution in [3.63, 3.8) is 0 Å². The van der Waals surface area contributed by atoms with Crippen LogP contribution in [0, 0.1) is 6.92 Å². The summed E-state index contributed by atoms with van der Waals surface area (Å²) in [5.74, 6) is 1.47. The molecule has 2 amide bonds. The highest BCUT2D eigenvalue weighted by atomic mass is 35.5. The van der Waals surface area contributed by atoms with Gasteiger partial charge in [0.05, 0.1) is 30.4 Å². The molecule has 11 heteroatoms. The topological polar surface area (TPSA) is 125 Å². The van der Waals surface area contributed by atoms with E-state index in [-0.39, 0.29) is 16.4 Å². The number of benzene rings is 2. The Morgan fingerprint density at radius 3 is 2.53 bits per heavy atom. The molecule has 0 saturated carbocycles. The minimum atomic E-state index is -0.550. The van der Waals surface area contributed by atoms with Crippen molar-refractivity contribution in [1.29, 1.82) is 0 Å². The molecule has 2 aromatic carbocycles. The Kier molecular flexibility index (Phi) is 6.51. The minimum Gasteiger partial charge on any atom is -0.496 e. The number of methoxy groups -OCH3 is 2. The molecule has 0 spiro atoms. The SMILES string of the molecule is COC(=O)c1cc2c(Oc3ccc(NC(=O)Nc4cc(C)on4)c(Cl)c3)ccnc2cc1OC. The number of aryl methyl sites for hydroxylation is 1. The standard InChI is InChI=1S/C23H19ClN4O6/c1-12-8-21(28-34-12)27-23(30)26-17-5-4-13(9-16(17)24)33-19-6-7-25-18-11-20(31-2)15(10-14(18)19)22(29)32-3/h4-11H,1-3H3,(H2,26,27,28,30). The number of ether oxygens (including phenoxy) is 3. The molecule has 2 aromatic heterocycles. The maximum Gasteiger partial charge on any atom is 0.341 e. The summed E-state index contributed by atoms with van der Waals surface area (Å²) in [4.78, 5) is 28.7. The molecule has 4 rings (SSSR count). The van der Waals surface area contributed by atoms with Crippen molar-refractivity contribution in [2.45, 2.75) is 6.92 Å². The van der Waals surface area contributed by atoms with Crippen molar-refractivity contribution in [3.05, 3.63) is 65.0 Å². The highest BCUT2D eigenvalue weighted by Crippen LogP contribution is 2.35. The second kappa shape index (κ2) is 9.67. The lowest BCUT2D eigenvalue weighted by molar-refractivity contribution is 0.0597. The van der Waals surface area contributed by atoms with Gasteiger partial charge in [-0.3, -0.25) is 10.3 Å². The first-order valence-electron chi connectivity index (χ1n) is 9.91. The molecule has 0 fully saturated rings. The fraction of sp³-hybridized carbons (Fsp3) is 0.130. The van der Waals surface area contributed by atoms with Gasteiger partial charge in [-0.05, 0) is 31.2 Å². The molecule has 0 saturated heterocycles. The van der Waals surface area contributed by atoms with Crippen molar-refractivity contribution < 1.29 is 28.3 Å². The summed E-state index contributed by atoms with van der Waals surface area (Å²) in [6.45, 7) is 1.71. The highest BCUT2D eigenvalue weighted by Gasteiger charge is 2.17. The summed E-state index contributed by atoms with van der Waals surface area (Å²) >= 11 is 6.34. The Hall–Kier alpha value is -4.31. The van der Waals surface area contributed by atoms with Crippen LogP contribution in [-0.2, 0) is 4.74 Å². The molecule has 174 valence electrons. The maximum absolute atomic E-state index is 12.2. The third-order valence-corrected chi connectivity index (χ3v) is 5.03. The minimum absolute atomic E-state index is 0.237. The van der Waals surface area contributed by atoms with Gasteiger partial charge in [0.1, 0.15) is 28.6 Å². The van der Waals surface area contributed by atoms with Crippen LogP contribution in [-0.4, -0.2) is 36.4 Å².